The van der Waals surface area contributed by atoms with Crippen LogP contribution in [0.4, 0.5) is 0 Å². The zero-order valence-corrected chi connectivity index (χ0v) is 14.1. The van der Waals surface area contributed by atoms with Crippen molar-refractivity contribution in [3.05, 3.63) is 0 Å². The highest BCUT2D eigenvalue weighted by molar-refractivity contribution is 4.94. The van der Waals surface area contributed by atoms with Gasteiger partial charge in [-0.05, 0) is 57.4 Å². The molecule has 2 N–H and O–H groups in total. The fraction of sp³-hybridized carbons (Fsp3) is 1.00. The molecule has 0 aliphatic heterocycles. The third-order valence-corrected chi connectivity index (χ3v) is 5.46. The molecule has 1 aliphatic rings. The summed E-state index contributed by atoms with van der Waals surface area (Å²) in [6.07, 6.45) is 6.31. The van der Waals surface area contributed by atoms with Crippen molar-refractivity contribution in [3.63, 3.8) is 0 Å². The Bertz CT molecular complexity index is 260. The van der Waals surface area contributed by atoms with Crippen molar-refractivity contribution < 1.29 is 0 Å². The lowest BCUT2D eigenvalue weighted by atomic mass is 9.67. The van der Waals surface area contributed by atoms with Crippen LogP contribution in [0.25, 0.3) is 0 Å². The molecule has 0 saturated heterocycles. The summed E-state index contributed by atoms with van der Waals surface area (Å²) in [6.45, 7) is 15.3. The molecule has 2 heteroatoms. The first-order chi connectivity index (χ1) is 8.83. The predicted octanol–water partition coefficient (Wildman–Crippen LogP) is 4.04. The first-order valence-corrected chi connectivity index (χ1v) is 8.34. The third-order valence-electron chi connectivity index (χ3n) is 5.46. The molecule has 1 rings (SSSR count). The Morgan fingerprint density at radius 1 is 1.21 bits per heavy atom. The van der Waals surface area contributed by atoms with Crippen molar-refractivity contribution in [1.82, 2.24) is 4.90 Å². The minimum atomic E-state index is 0.373. The Morgan fingerprint density at radius 2 is 1.84 bits per heavy atom. The van der Waals surface area contributed by atoms with Crippen LogP contribution >= 0.6 is 0 Å². The van der Waals surface area contributed by atoms with Crippen LogP contribution in [0.2, 0.25) is 0 Å². The van der Waals surface area contributed by atoms with Crippen LogP contribution in [-0.4, -0.2) is 29.6 Å². The van der Waals surface area contributed by atoms with E-state index in [-0.39, 0.29) is 0 Å². The molecule has 114 valence electrons. The summed E-state index contributed by atoms with van der Waals surface area (Å²) in [7, 11) is 0. The number of nitrogens with zero attached hydrogens (tertiary/aromatic N) is 1. The second-order valence-corrected chi connectivity index (χ2v) is 7.41. The molecule has 0 aromatic rings. The first kappa shape index (κ1) is 17.0. The van der Waals surface area contributed by atoms with E-state index >= 15 is 0 Å². The minimum Gasteiger partial charge on any atom is -0.326 e. The fourth-order valence-electron chi connectivity index (χ4n) is 3.62. The normalized spacial score (nSPS) is 29.2. The van der Waals surface area contributed by atoms with Crippen molar-refractivity contribution in [2.24, 2.45) is 17.1 Å². The lowest BCUT2D eigenvalue weighted by Gasteiger charge is -2.47. The zero-order chi connectivity index (χ0) is 14.6. The van der Waals surface area contributed by atoms with Gasteiger partial charge in [-0.2, -0.15) is 0 Å². The molecule has 3 atom stereocenters. The van der Waals surface area contributed by atoms with E-state index in [1.54, 1.807) is 0 Å². The Kier molecular flexibility index (Phi) is 6.32. The average molecular weight is 268 g/mol. The summed E-state index contributed by atoms with van der Waals surface area (Å²) in [4.78, 5) is 2.66. The largest absolute Gasteiger partial charge is 0.326 e. The Morgan fingerprint density at radius 3 is 2.32 bits per heavy atom. The van der Waals surface area contributed by atoms with Gasteiger partial charge in [0, 0.05) is 18.1 Å². The standard InChI is InChI=1S/C17H36N2/c1-7-11-19(13(3)4)16-12-14(9-10-15(16)18)17(5,6)8-2/h13-16H,7-12,18H2,1-6H3. The van der Waals surface area contributed by atoms with Gasteiger partial charge in [0.2, 0.25) is 0 Å². The van der Waals surface area contributed by atoms with Crippen LogP contribution < -0.4 is 5.73 Å². The van der Waals surface area contributed by atoms with E-state index in [1.807, 2.05) is 0 Å². The summed E-state index contributed by atoms with van der Waals surface area (Å²) >= 11 is 0. The van der Waals surface area contributed by atoms with Crippen molar-refractivity contribution in [2.75, 3.05) is 6.54 Å². The van der Waals surface area contributed by atoms with E-state index in [1.165, 1.54) is 38.6 Å². The molecular formula is C17H36N2. The van der Waals surface area contributed by atoms with Crippen molar-refractivity contribution >= 4 is 0 Å². The van der Waals surface area contributed by atoms with Crippen LogP contribution in [0.15, 0.2) is 0 Å². The van der Waals surface area contributed by atoms with E-state index in [4.69, 9.17) is 5.73 Å². The summed E-state index contributed by atoms with van der Waals surface area (Å²) in [5, 5.41) is 0. The molecule has 3 unspecified atom stereocenters. The van der Waals surface area contributed by atoms with Crippen molar-refractivity contribution in [2.45, 2.75) is 91.8 Å². The molecule has 0 aromatic carbocycles. The second-order valence-electron chi connectivity index (χ2n) is 7.41. The molecule has 0 radical (unpaired) electrons. The maximum absolute atomic E-state index is 6.45. The van der Waals surface area contributed by atoms with Gasteiger partial charge in [0.15, 0.2) is 0 Å². The van der Waals surface area contributed by atoms with E-state index in [2.05, 4.69) is 46.4 Å². The molecule has 0 aromatic heterocycles. The maximum atomic E-state index is 6.45. The van der Waals surface area contributed by atoms with Crippen LogP contribution in [0.1, 0.15) is 73.6 Å². The lowest BCUT2D eigenvalue weighted by Crippen LogP contribution is -2.55. The summed E-state index contributed by atoms with van der Waals surface area (Å²) < 4.78 is 0. The lowest BCUT2D eigenvalue weighted by molar-refractivity contribution is 0.0437. The fourth-order valence-corrected chi connectivity index (χ4v) is 3.62. The number of hydrogen-bond donors (Lipinski definition) is 1. The molecule has 19 heavy (non-hydrogen) atoms. The van der Waals surface area contributed by atoms with Crippen LogP contribution in [0.3, 0.4) is 0 Å². The zero-order valence-electron chi connectivity index (χ0n) is 14.1. The van der Waals surface area contributed by atoms with Gasteiger partial charge in [-0.15, -0.1) is 0 Å². The highest BCUT2D eigenvalue weighted by Gasteiger charge is 2.38. The Hall–Kier alpha value is -0.0800. The number of nitrogens with two attached hydrogens (primary N) is 1. The van der Waals surface area contributed by atoms with Gasteiger partial charge in [-0.1, -0.05) is 34.1 Å². The Labute approximate surface area is 121 Å². The third kappa shape index (κ3) is 4.19. The first-order valence-electron chi connectivity index (χ1n) is 8.34. The molecule has 1 aliphatic carbocycles. The molecule has 0 heterocycles. The van der Waals surface area contributed by atoms with Gasteiger partial charge in [-0.3, -0.25) is 4.90 Å². The number of rotatable bonds is 6. The smallest absolute Gasteiger partial charge is 0.0252 e. The van der Waals surface area contributed by atoms with Crippen molar-refractivity contribution in [1.29, 1.82) is 0 Å². The molecule has 0 bridgehead atoms. The molecular weight excluding hydrogens is 232 g/mol. The van der Waals surface area contributed by atoms with E-state index < -0.39 is 0 Å². The van der Waals surface area contributed by atoms with Gasteiger partial charge in [0.05, 0.1) is 0 Å². The topological polar surface area (TPSA) is 29.3 Å². The van der Waals surface area contributed by atoms with Crippen LogP contribution in [0.5, 0.6) is 0 Å². The molecule has 1 saturated carbocycles. The average Bonchev–Trinajstić information content (AvgIpc) is 2.36. The SMILES string of the molecule is CCCN(C(C)C)C1CC(C(C)(C)CC)CCC1N. The monoisotopic (exact) mass is 268 g/mol. The number of hydrogen-bond acceptors (Lipinski definition) is 2. The summed E-state index contributed by atoms with van der Waals surface area (Å²) in [6, 6.07) is 1.57. The van der Waals surface area contributed by atoms with Gasteiger partial charge >= 0.3 is 0 Å². The van der Waals surface area contributed by atoms with Gasteiger partial charge in [0.1, 0.15) is 0 Å². The molecule has 0 amide bonds. The van der Waals surface area contributed by atoms with Gasteiger partial charge in [-0.25, -0.2) is 0 Å². The van der Waals surface area contributed by atoms with Gasteiger partial charge < -0.3 is 5.73 Å². The van der Waals surface area contributed by atoms with Gasteiger partial charge in [0.25, 0.3) is 0 Å². The molecule has 2 nitrogen and oxygen atoms in total. The van der Waals surface area contributed by atoms with E-state index in [0.717, 1.165) is 5.92 Å². The minimum absolute atomic E-state index is 0.373. The highest BCUT2D eigenvalue weighted by Crippen LogP contribution is 2.41. The quantitative estimate of drug-likeness (QED) is 0.788. The van der Waals surface area contributed by atoms with E-state index in [0.29, 0.717) is 23.5 Å². The summed E-state index contributed by atoms with van der Waals surface area (Å²) in [5.74, 6) is 0.834. The second kappa shape index (κ2) is 7.08. The molecule has 0 spiro atoms. The van der Waals surface area contributed by atoms with E-state index in [9.17, 15) is 0 Å². The Balaban J connectivity index is 2.79. The predicted molar refractivity (Wildman–Crippen MR) is 85.3 cm³/mol. The maximum Gasteiger partial charge on any atom is 0.0252 e. The van der Waals surface area contributed by atoms with Crippen LogP contribution in [-0.2, 0) is 0 Å². The highest BCUT2D eigenvalue weighted by atomic mass is 15.2. The van der Waals surface area contributed by atoms with Crippen molar-refractivity contribution in [3.8, 4) is 0 Å². The summed E-state index contributed by atoms with van der Waals surface area (Å²) in [5.41, 5.74) is 6.92. The van der Waals surface area contributed by atoms with Crippen LogP contribution in [0, 0.1) is 11.3 Å². The molecule has 1 fully saturated rings.